The quantitative estimate of drug-likeness (QED) is 0.524. The van der Waals surface area contributed by atoms with E-state index in [0.29, 0.717) is 22.4 Å². The monoisotopic (exact) mass is 397 g/mol. The van der Waals surface area contributed by atoms with E-state index in [-0.39, 0.29) is 24.2 Å². The van der Waals surface area contributed by atoms with Crippen LogP contribution >= 0.6 is 34.7 Å². The summed E-state index contributed by atoms with van der Waals surface area (Å²) in [7, 11) is 0. The maximum atomic E-state index is 11.9. The van der Waals surface area contributed by atoms with E-state index in [4.69, 9.17) is 11.6 Å². The number of hydrogen-bond acceptors (Lipinski definition) is 5. The van der Waals surface area contributed by atoms with Crippen LogP contribution in [0.4, 0.5) is 5.13 Å². The number of nitrogens with one attached hydrogen (secondary N) is 2. The molecule has 1 heterocycles. The third-order valence-corrected chi connectivity index (χ3v) is 5.23. The Kier molecular flexibility index (Phi) is 7.74. The number of benzene rings is 1. The number of anilines is 1. The SMILES string of the molecule is CC(C)C(=O)Nc1nc(CC(=O)NCCSc2ccc(Cl)cc2)cs1. The lowest BCUT2D eigenvalue weighted by Crippen LogP contribution is -2.27. The standard InChI is InChI=1S/C17H20ClN3O2S2/c1-11(2)16(23)21-17-20-13(10-25-17)9-15(22)19-7-8-24-14-5-3-12(18)4-6-14/h3-6,10-11H,7-9H2,1-2H3,(H,19,22)(H,20,21,23). The van der Waals surface area contributed by atoms with Crippen molar-refractivity contribution in [3.8, 4) is 0 Å². The van der Waals surface area contributed by atoms with Gasteiger partial charge in [-0.25, -0.2) is 4.98 Å². The molecule has 5 nitrogen and oxygen atoms in total. The molecule has 1 aromatic heterocycles. The van der Waals surface area contributed by atoms with Crippen molar-refractivity contribution in [3.63, 3.8) is 0 Å². The fraction of sp³-hybridized carbons (Fsp3) is 0.353. The summed E-state index contributed by atoms with van der Waals surface area (Å²) < 4.78 is 0. The molecule has 0 saturated carbocycles. The molecule has 0 spiro atoms. The van der Waals surface area contributed by atoms with Crippen molar-refractivity contribution in [1.82, 2.24) is 10.3 Å². The number of carbonyl (C=O) groups excluding carboxylic acids is 2. The summed E-state index contributed by atoms with van der Waals surface area (Å²) in [6.45, 7) is 4.21. The van der Waals surface area contributed by atoms with E-state index >= 15 is 0 Å². The Balaban J connectivity index is 1.69. The van der Waals surface area contributed by atoms with Gasteiger partial charge in [0.15, 0.2) is 5.13 Å². The number of aromatic nitrogens is 1. The van der Waals surface area contributed by atoms with Gasteiger partial charge in [-0.15, -0.1) is 23.1 Å². The lowest BCUT2D eigenvalue weighted by atomic mass is 10.2. The van der Waals surface area contributed by atoms with Crippen LogP contribution in [0, 0.1) is 5.92 Å². The molecule has 0 fully saturated rings. The highest BCUT2D eigenvalue weighted by atomic mass is 35.5. The number of amides is 2. The molecule has 25 heavy (non-hydrogen) atoms. The Hall–Kier alpha value is -1.57. The minimum atomic E-state index is -0.103. The average Bonchev–Trinajstić information content (AvgIpc) is 3.00. The largest absolute Gasteiger partial charge is 0.355 e. The maximum Gasteiger partial charge on any atom is 0.228 e. The highest BCUT2D eigenvalue weighted by molar-refractivity contribution is 7.99. The second-order valence-electron chi connectivity index (χ2n) is 5.62. The predicted molar refractivity (Wildman–Crippen MR) is 104 cm³/mol. The van der Waals surface area contributed by atoms with E-state index in [2.05, 4.69) is 15.6 Å². The fourth-order valence-corrected chi connectivity index (χ4v) is 3.42. The van der Waals surface area contributed by atoms with Gasteiger partial charge in [0.05, 0.1) is 12.1 Å². The van der Waals surface area contributed by atoms with Crippen LogP contribution in [0.5, 0.6) is 0 Å². The van der Waals surface area contributed by atoms with Crippen LogP contribution in [0.1, 0.15) is 19.5 Å². The van der Waals surface area contributed by atoms with Gasteiger partial charge in [0.1, 0.15) is 0 Å². The molecular formula is C17H20ClN3O2S2. The first kappa shape index (κ1) is 19.8. The third-order valence-electron chi connectivity index (χ3n) is 3.15. The molecule has 0 aliphatic heterocycles. The molecule has 0 atom stereocenters. The lowest BCUT2D eigenvalue weighted by molar-refractivity contribution is -0.120. The van der Waals surface area contributed by atoms with Crippen LogP contribution in [-0.2, 0) is 16.0 Å². The van der Waals surface area contributed by atoms with Crippen LogP contribution in [0.25, 0.3) is 0 Å². The van der Waals surface area contributed by atoms with Crippen molar-refractivity contribution in [2.75, 3.05) is 17.6 Å². The average molecular weight is 398 g/mol. The van der Waals surface area contributed by atoms with Crippen molar-refractivity contribution in [1.29, 1.82) is 0 Å². The molecular weight excluding hydrogens is 378 g/mol. The number of halogens is 1. The zero-order chi connectivity index (χ0) is 18.2. The normalized spacial score (nSPS) is 10.7. The van der Waals surface area contributed by atoms with E-state index in [9.17, 15) is 9.59 Å². The number of thiazole rings is 1. The van der Waals surface area contributed by atoms with Crippen molar-refractivity contribution in [2.24, 2.45) is 5.92 Å². The molecule has 2 N–H and O–H groups in total. The molecule has 1 aromatic carbocycles. The highest BCUT2D eigenvalue weighted by Crippen LogP contribution is 2.20. The van der Waals surface area contributed by atoms with Gasteiger partial charge in [-0.3, -0.25) is 9.59 Å². The van der Waals surface area contributed by atoms with Gasteiger partial charge in [-0.2, -0.15) is 0 Å². The first-order valence-electron chi connectivity index (χ1n) is 7.84. The molecule has 0 unspecified atom stereocenters. The lowest BCUT2D eigenvalue weighted by Gasteiger charge is -2.05. The minimum Gasteiger partial charge on any atom is -0.355 e. The summed E-state index contributed by atoms with van der Waals surface area (Å²) in [6.07, 6.45) is 0.208. The summed E-state index contributed by atoms with van der Waals surface area (Å²) in [5, 5.41) is 8.64. The zero-order valence-corrected chi connectivity index (χ0v) is 16.4. The molecule has 2 amide bonds. The number of hydrogen-bond donors (Lipinski definition) is 2. The van der Waals surface area contributed by atoms with Gasteiger partial charge < -0.3 is 10.6 Å². The topological polar surface area (TPSA) is 71.1 Å². The molecule has 0 aliphatic carbocycles. The Morgan fingerprint density at radius 2 is 2.00 bits per heavy atom. The van der Waals surface area contributed by atoms with E-state index < -0.39 is 0 Å². The Bertz CT molecular complexity index is 717. The van der Waals surface area contributed by atoms with Crippen LogP contribution in [0.15, 0.2) is 34.5 Å². The predicted octanol–water partition coefficient (Wildman–Crippen LogP) is 3.84. The van der Waals surface area contributed by atoms with Gasteiger partial charge in [0.25, 0.3) is 0 Å². The first-order valence-corrected chi connectivity index (χ1v) is 10.1. The van der Waals surface area contributed by atoms with E-state index in [1.54, 1.807) is 17.1 Å². The molecule has 8 heteroatoms. The van der Waals surface area contributed by atoms with Gasteiger partial charge in [-0.1, -0.05) is 25.4 Å². The second kappa shape index (κ2) is 9.79. The van der Waals surface area contributed by atoms with E-state index in [1.807, 2.05) is 38.1 Å². The molecule has 134 valence electrons. The summed E-state index contributed by atoms with van der Waals surface area (Å²) in [5.74, 6) is 0.516. The minimum absolute atomic E-state index is 0.0791. The molecule has 2 rings (SSSR count). The molecule has 2 aromatic rings. The Morgan fingerprint density at radius 3 is 2.68 bits per heavy atom. The third kappa shape index (κ3) is 7.05. The zero-order valence-electron chi connectivity index (χ0n) is 14.0. The van der Waals surface area contributed by atoms with Gasteiger partial charge >= 0.3 is 0 Å². The molecule has 0 radical (unpaired) electrons. The molecule has 0 aliphatic rings. The van der Waals surface area contributed by atoms with Crippen molar-refractivity contribution in [3.05, 3.63) is 40.4 Å². The molecule has 0 bridgehead atoms. The van der Waals surface area contributed by atoms with Crippen LogP contribution in [-0.4, -0.2) is 29.1 Å². The summed E-state index contributed by atoms with van der Waals surface area (Å²) in [4.78, 5) is 28.9. The number of rotatable bonds is 8. The van der Waals surface area contributed by atoms with Crippen LogP contribution < -0.4 is 10.6 Å². The van der Waals surface area contributed by atoms with Crippen LogP contribution in [0.2, 0.25) is 5.02 Å². The van der Waals surface area contributed by atoms with Gasteiger partial charge in [0, 0.05) is 33.5 Å². The number of thioether (sulfide) groups is 1. The number of nitrogens with zero attached hydrogens (tertiary/aromatic N) is 1. The fourth-order valence-electron chi connectivity index (χ4n) is 1.81. The van der Waals surface area contributed by atoms with Crippen molar-refractivity contribution >= 4 is 51.6 Å². The summed E-state index contributed by atoms with van der Waals surface area (Å²) in [5.41, 5.74) is 0.659. The maximum absolute atomic E-state index is 11.9. The van der Waals surface area contributed by atoms with Gasteiger partial charge in [-0.05, 0) is 24.3 Å². The number of carbonyl (C=O) groups is 2. The van der Waals surface area contributed by atoms with Crippen molar-refractivity contribution < 1.29 is 9.59 Å². The van der Waals surface area contributed by atoms with Gasteiger partial charge in [0.2, 0.25) is 11.8 Å². The second-order valence-corrected chi connectivity index (χ2v) is 8.08. The van der Waals surface area contributed by atoms with Crippen molar-refractivity contribution in [2.45, 2.75) is 25.2 Å². The summed E-state index contributed by atoms with van der Waals surface area (Å²) in [6, 6.07) is 7.61. The van der Waals surface area contributed by atoms with Crippen LogP contribution in [0.3, 0.4) is 0 Å². The first-order chi connectivity index (χ1) is 11.9. The molecule has 0 saturated heterocycles. The van der Waals surface area contributed by atoms with E-state index in [0.717, 1.165) is 10.6 Å². The van der Waals surface area contributed by atoms with E-state index in [1.165, 1.54) is 11.3 Å². The highest BCUT2D eigenvalue weighted by Gasteiger charge is 2.11. The smallest absolute Gasteiger partial charge is 0.228 e. The Morgan fingerprint density at radius 1 is 1.28 bits per heavy atom. The Labute approximate surface area is 160 Å². The summed E-state index contributed by atoms with van der Waals surface area (Å²) >= 11 is 8.82.